The number of hydrogen-bond donors (Lipinski definition) is 0. The number of esters is 1. The molecule has 2 atom stereocenters. The molecule has 8 nitrogen and oxygen atoms in total. The molecule has 0 amide bonds. The predicted octanol–water partition coefficient (Wildman–Crippen LogP) is 5.01. The third kappa shape index (κ3) is 4.80. The number of aryl methyl sites for hydroxylation is 2. The Morgan fingerprint density at radius 1 is 1.11 bits per heavy atom. The second-order valence-electron chi connectivity index (χ2n) is 9.88. The number of benzene rings is 1. The van der Waals surface area contributed by atoms with E-state index in [1.807, 2.05) is 13.8 Å². The van der Waals surface area contributed by atoms with Crippen molar-refractivity contribution in [1.29, 1.82) is 0 Å². The van der Waals surface area contributed by atoms with Gasteiger partial charge in [0.05, 0.1) is 29.8 Å². The summed E-state index contributed by atoms with van der Waals surface area (Å²) in [6.07, 6.45) is 8.25. The van der Waals surface area contributed by atoms with Crippen molar-refractivity contribution in [2.45, 2.75) is 50.8 Å². The second kappa shape index (κ2) is 10.2. The normalized spacial score (nSPS) is 18.0. The third-order valence-electron chi connectivity index (χ3n) is 7.29. The number of hydrogen-bond acceptors (Lipinski definition) is 7. The maximum atomic E-state index is 14.3. The summed E-state index contributed by atoms with van der Waals surface area (Å²) >= 11 is 0. The van der Waals surface area contributed by atoms with Crippen LogP contribution >= 0.6 is 0 Å². The molecule has 1 aliphatic rings. The number of carbonyl (C=O) groups is 1. The summed E-state index contributed by atoms with van der Waals surface area (Å²) < 4.78 is 47.6. The lowest BCUT2D eigenvalue weighted by molar-refractivity contribution is -0.148. The van der Waals surface area contributed by atoms with Gasteiger partial charge in [0, 0.05) is 29.8 Å². The van der Waals surface area contributed by atoms with Crippen LogP contribution in [0.25, 0.3) is 22.3 Å². The average Bonchev–Trinajstić information content (AvgIpc) is 3.29. The van der Waals surface area contributed by atoms with Gasteiger partial charge in [0.25, 0.3) is 10.0 Å². The second-order valence-corrected chi connectivity index (χ2v) is 11.7. The fourth-order valence-corrected chi connectivity index (χ4v) is 6.57. The number of aromatic nitrogens is 4. The van der Waals surface area contributed by atoms with Crippen LogP contribution in [0.4, 0.5) is 4.39 Å². The topological polar surface area (TPSA) is 104 Å². The van der Waals surface area contributed by atoms with Crippen molar-refractivity contribution < 1.29 is 22.3 Å². The van der Waals surface area contributed by atoms with Gasteiger partial charge in [0.1, 0.15) is 11.6 Å². The van der Waals surface area contributed by atoms with Crippen LogP contribution in [0.2, 0.25) is 0 Å². The molecule has 0 saturated heterocycles. The van der Waals surface area contributed by atoms with Crippen LogP contribution in [-0.4, -0.2) is 40.4 Å². The molecule has 3 heterocycles. The van der Waals surface area contributed by atoms with Crippen LogP contribution in [0.5, 0.6) is 0 Å². The van der Waals surface area contributed by atoms with Crippen LogP contribution in [0.1, 0.15) is 42.6 Å². The highest BCUT2D eigenvalue weighted by Crippen LogP contribution is 2.35. The van der Waals surface area contributed by atoms with E-state index in [1.165, 1.54) is 31.5 Å². The van der Waals surface area contributed by atoms with Crippen LogP contribution < -0.4 is 0 Å². The van der Waals surface area contributed by atoms with Gasteiger partial charge >= 0.3 is 5.97 Å². The van der Waals surface area contributed by atoms with Crippen molar-refractivity contribution in [2.75, 3.05) is 7.11 Å². The van der Waals surface area contributed by atoms with E-state index in [-0.39, 0.29) is 28.3 Å². The zero-order valence-corrected chi connectivity index (χ0v) is 22.3. The highest BCUT2D eigenvalue weighted by atomic mass is 32.2. The molecule has 4 aromatic rings. The van der Waals surface area contributed by atoms with Crippen molar-refractivity contribution in [3.63, 3.8) is 0 Å². The van der Waals surface area contributed by atoms with Crippen molar-refractivity contribution in [1.82, 2.24) is 18.9 Å². The average molecular weight is 537 g/mol. The number of fused-ring (bicyclic) bond motifs is 1. The van der Waals surface area contributed by atoms with Gasteiger partial charge in [-0.25, -0.2) is 31.7 Å². The van der Waals surface area contributed by atoms with Crippen LogP contribution in [0.3, 0.4) is 0 Å². The lowest BCUT2D eigenvalue weighted by Gasteiger charge is -2.29. The smallest absolute Gasteiger partial charge is 0.308 e. The Kier molecular flexibility index (Phi) is 7.00. The standard InChI is InChI=1S/C28H29FN4O4S/c1-17-8-10-21(11-9-17)38(35,36)33-16-24(23-13-20(29)15-31-27(23)33)26-18(2)14-30-25(32-26)12-19-6-4-5-7-22(19)28(34)37-3/h8-11,13-16,19,22H,4-7,12H2,1-3H3/t19-,22+/m1/s1. The number of nitrogens with zero attached hydrogens (tertiary/aromatic N) is 4. The molecule has 1 aromatic carbocycles. The molecular weight excluding hydrogens is 507 g/mol. The van der Waals surface area contributed by atoms with Gasteiger partial charge in [-0.15, -0.1) is 0 Å². The number of methoxy groups -OCH3 is 1. The third-order valence-corrected chi connectivity index (χ3v) is 8.95. The summed E-state index contributed by atoms with van der Waals surface area (Å²) in [6, 6.07) is 7.79. The molecule has 1 aliphatic carbocycles. The Labute approximate surface area is 221 Å². The number of carbonyl (C=O) groups excluding carboxylic acids is 1. The zero-order chi connectivity index (χ0) is 27.0. The highest BCUT2D eigenvalue weighted by molar-refractivity contribution is 7.90. The molecule has 0 spiro atoms. The first-order valence-electron chi connectivity index (χ1n) is 12.6. The van der Waals surface area contributed by atoms with Gasteiger partial charge in [-0.3, -0.25) is 4.79 Å². The number of rotatable bonds is 6. The quantitative estimate of drug-likeness (QED) is 0.319. The Morgan fingerprint density at radius 3 is 2.58 bits per heavy atom. The molecule has 38 heavy (non-hydrogen) atoms. The predicted molar refractivity (Wildman–Crippen MR) is 140 cm³/mol. The van der Waals surface area contributed by atoms with Gasteiger partial charge in [-0.1, -0.05) is 30.5 Å². The zero-order valence-electron chi connectivity index (χ0n) is 21.5. The molecule has 1 saturated carbocycles. The molecular formula is C28H29FN4O4S. The van der Waals surface area contributed by atoms with Gasteiger partial charge < -0.3 is 4.74 Å². The Bertz CT molecular complexity index is 1620. The summed E-state index contributed by atoms with van der Waals surface area (Å²) in [5.74, 6) is -0.415. The summed E-state index contributed by atoms with van der Waals surface area (Å²) in [6.45, 7) is 3.70. The first-order chi connectivity index (χ1) is 18.2. The molecule has 0 unspecified atom stereocenters. The monoisotopic (exact) mass is 536 g/mol. The van der Waals surface area contributed by atoms with E-state index >= 15 is 0 Å². The number of pyridine rings is 1. The van der Waals surface area contributed by atoms with Crippen LogP contribution in [0.15, 0.2) is 53.8 Å². The summed E-state index contributed by atoms with van der Waals surface area (Å²) in [4.78, 5) is 25.9. The maximum Gasteiger partial charge on any atom is 0.308 e. The molecule has 10 heteroatoms. The fraction of sp³-hybridized carbons (Fsp3) is 0.357. The van der Waals surface area contributed by atoms with Gasteiger partial charge in [-0.05, 0) is 56.4 Å². The minimum Gasteiger partial charge on any atom is -0.469 e. The summed E-state index contributed by atoms with van der Waals surface area (Å²) in [5, 5.41) is 0.332. The van der Waals surface area contributed by atoms with E-state index in [1.54, 1.807) is 18.3 Å². The Balaban J connectivity index is 1.60. The molecule has 5 rings (SSSR count). The maximum absolute atomic E-state index is 14.3. The molecule has 3 aromatic heterocycles. The minimum absolute atomic E-state index is 0.0501. The van der Waals surface area contributed by atoms with Gasteiger partial charge in [0.2, 0.25) is 0 Å². The first kappa shape index (κ1) is 26.0. The lowest BCUT2D eigenvalue weighted by Crippen LogP contribution is -2.30. The number of halogens is 1. The Morgan fingerprint density at radius 2 is 1.84 bits per heavy atom. The Hall–Kier alpha value is -3.66. The largest absolute Gasteiger partial charge is 0.469 e. The van der Waals surface area contributed by atoms with Gasteiger partial charge in [-0.2, -0.15) is 0 Å². The summed E-state index contributed by atoms with van der Waals surface area (Å²) in [7, 11) is -2.61. The van der Waals surface area contributed by atoms with Crippen molar-refractivity contribution in [3.05, 3.63) is 71.7 Å². The van der Waals surface area contributed by atoms with Crippen molar-refractivity contribution in [3.8, 4) is 11.3 Å². The van der Waals surface area contributed by atoms with Crippen LogP contribution in [0, 0.1) is 31.5 Å². The molecule has 0 N–H and O–H groups in total. The molecule has 0 aliphatic heterocycles. The highest BCUT2D eigenvalue weighted by Gasteiger charge is 2.32. The van der Waals surface area contributed by atoms with E-state index < -0.39 is 15.8 Å². The SMILES string of the molecule is COC(=O)[C@H]1CCCC[C@@H]1Cc1ncc(C)c(-c2cn(S(=O)(=O)c3ccc(C)cc3)c3ncc(F)cc23)n1. The van der Waals surface area contributed by atoms with Crippen molar-refractivity contribution in [2.24, 2.45) is 11.8 Å². The van der Waals surface area contributed by atoms with Crippen molar-refractivity contribution >= 4 is 27.0 Å². The molecule has 198 valence electrons. The minimum atomic E-state index is -4.01. The molecule has 0 radical (unpaired) electrons. The van der Waals surface area contributed by atoms with Crippen LogP contribution in [-0.2, 0) is 26.0 Å². The van der Waals surface area contributed by atoms with E-state index in [4.69, 9.17) is 9.72 Å². The van der Waals surface area contributed by atoms with E-state index in [0.717, 1.165) is 41.4 Å². The lowest BCUT2D eigenvalue weighted by atomic mass is 9.77. The molecule has 1 fully saturated rings. The summed E-state index contributed by atoms with van der Waals surface area (Å²) in [5.41, 5.74) is 2.68. The van der Waals surface area contributed by atoms with E-state index in [0.29, 0.717) is 34.5 Å². The van der Waals surface area contributed by atoms with E-state index in [9.17, 15) is 17.6 Å². The first-order valence-corrected chi connectivity index (χ1v) is 14.0. The molecule has 0 bridgehead atoms. The van der Waals surface area contributed by atoms with Gasteiger partial charge in [0.15, 0.2) is 5.65 Å². The number of ether oxygens (including phenoxy) is 1. The fourth-order valence-electron chi connectivity index (χ4n) is 5.25. The van der Waals surface area contributed by atoms with E-state index in [2.05, 4.69) is 9.97 Å².